The van der Waals surface area contributed by atoms with Crippen LogP contribution in [0.25, 0.3) is 10.3 Å². The number of benzene rings is 1. The minimum absolute atomic E-state index is 0.0439. The number of fused-ring (bicyclic) bond motifs is 2. The van der Waals surface area contributed by atoms with Crippen LogP contribution in [-0.4, -0.2) is 45.1 Å². The highest BCUT2D eigenvalue weighted by molar-refractivity contribution is 7.18. The largest absolute Gasteiger partial charge is 0.364 e. The second kappa shape index (κ2) is 11.3. The summed E-state index contributed by atoms with van der Waals surface area (Å²) in [6.45, 7) is 2.99. The van der Waals surface area contributed by atoms with E-state index in [2.05, 4.69) is 53.8 Å². The third-order valence-electron chi connectivity index (χ3n) is 5.54. The molecule has 5 rings (SSSR count). The van der Waals surface area contributed by atoms with Crippen LogP contribution in [0, 0.1) is 5.82 Å². The van der Waals surface area contributed by atoms with Crippen molar-refractivity contribution in [2.45, 2.75) is 32.5 Å². The van der Waals surface area contributed by atoms with Gasteiger partial charge in [-0.1, -0.05) is 23.5 Å². The van der Waals surface area contributed by atoms with E-state index in [9.17, 15) is 9.18 Å². The van der Waals surface area contributed by atoms with Crippen LogP contribution in [0.1, 0.15) is 24.0 Å². The molecule has 0 radical (unpaired) electrons. The Morgan fingerprint density at radius 3 is 2.68 bits per heavy atom. The number of hydroxylamine groups is 1. The number of para-hydroxylation sites is 2. The highest BCUT2D eigenvalue weighted by atomic mass is 32.1. The molecule has 192 valence electrons. The molecule has 11 nitrogen and oxygen atoms in total. The molecular formula is C24H26FN9O2S. The maximum atomic E-state index is 14.0. The topological polar surface area (TPSA) is 138 Å². The van der Waals surface area contributed by atoms with Crippen LogP contribution in [0.5, 0.6) is 6.01 Å². The van der Waals surface area contributed by atoms with Crippen LogP contribution in [0.15, 0.2) is 42.6 Å². The Bertz CT molecular complexity index is 1370. The van der Waals surface area contributed by atoms with Gasteiger partial charge in [-0.15, -0.1) is 0 Å². The highest BCUT2D eigenvalue weighted by Gasteiger charge is 2.18. The normalized spacial score (nSPS) is 12.6. The average Bonchev–Trinajstić information content (AvgIpc) is 3.50. The molecule has 1 aromatic carbocycles. The molecule has 4 heterocycles. The number of pyridine rings is 1. The lowest BCUT2D eigenvalue weighted by atomic mass is 10.3. The first-order valence-corrected chi connectivity index (χ1v) is 12.6. The van der Waals surface area contributed by atoms with Crippen molar-refractivity contribution in [3.05, 3.63) is 59.1 Å². The van der Waals surface area contributed by atoms with Crippen LogP contribution in [-0.2, 0) is 17.8 Å². The predicted octanol–water partition coefficient (Wildman–Crippen LogP) is 3.05. The zero-order valence-corrected chi connectivity index (χ0v) is 20.9. The Morgan fingerprint density at radius 2 is 1.92 bits per heavy atom. The van der Waals surface area contributed by atoms with E-state index in [1.807, 2.05) is 12.1 Å². The fraction of sp³-hybridized carbons (Fsp3) is 0.292. The van der Waals surface area contributed by atoms with Crippen LogP contribution in [0.2, 0.25) is 0 Å². The van der Waals surface area contributed by atoms with E-state index in [1.165, 1.54) is 36.6 Å². The number of anilines is 3. The first-order valence-electron chi connectivity index (χ1n) is 11.8. The summed E-state index contributed by atoms with van der Waals surface area (Å²) in [7, 11) is 0. The van der Waals surface area contributed by atoms with Crippen LogP contribution in [0.3, 0.4) is 0 Å². The van der Waals surface area contributed by atoms with Gasteiger partial charge in [0.1, 0.15) is 11.3 Å². The van der Waals surface area contributed by atoms with E-state index in [1.54, 1.807) is 0 Å². The molecule has 0 saturated carbocycles. The molecule has 4 aromatic rings. The number of carbonyl (C=O) groups excluding carboxylic acids is 1. The number of rotatable bonds is 11. The van der Waals surface area contributed by atoms with Crippen molar-refractivity contribution in [2.75, 3.05) is 29.0 Å². The molecule has 0 aliphatic carbocycles. The lowest BCUT2D eigenvalue weighted by molar-refractivity contribution is -0.125. The smallest absolute Gasteiger partial charge is 0.346 e. The molecule has 5 N–H and O–H groups in total. The second-order valence-corrected chi connectivity index (χ2v) is 9.40. The van der Waals surface area contributed by atoms with Crippen LogP contribution in [0.4, 0.5) is 21.6 Å². The molecule has 1 amide bonds. The fourth-order valence-electron chi connectivity index (χ4n) is 3.81. The number of hydrogen-bond donors (Lipinski definition) is 5. The van der Waals surface area contributed by atoms with E-state index < -0.39 is 11.7 Å². The predicted molar refractivity (Wildman–Crippen MR) is 140 cm³/mol. The Balaban J connectivity index is 1.20. The molecule has 1 aliphatic rings. The highest BCUT2D eigenvalue weighted by Crippen LogP contribution is 2.29. The molecule has 0 fully saturated rings. The molecule has 37 heavy (non-hydrogen) atoms. The number of carbonyl (C=O) groups is 1. The van der Waals surface area contributed by atoms with Gasteiger partial charge in [-0.2, -0.15) is 15.4 Å². The number of hydrogen-bond acceptors (Lipinski definition) is 11. The molecular weight excluding hydrogens is 497 g/mol. The Kier molecular flexibility index (Phi) is 7.51. The number of thiazole rings is 1. The summed E-state index contributed by atoms with van der Waals surface area (Å²) in [6, 6.07) is 11.0. The maximum Gasteiger partial charge on any atom is 0.346 e. The van der Waals surface area contributed by atoms with Gasteiger partial charge in [-0.3, -0.25) is 9.78 Å². The fourth-order valence-corrected chi connectivity index (χ4v) is 4.74. The number of aromatic nitrogens is 4. The third kappa shape index (κ3) is 6.19. The first-order chi connectivity index (χ1) is 18.0. The van der Waals surface area contributed by atoms with Gasteiger partial charge < -0.3 is 26.1 Å². The van der Waals surface area contributed by atoms with Gasteiger partial charge in [0, 0.05) is 26.1 Å². The van der Waals surface area contributed by atoms with Crippen molar-refractivity contribution in [3.8, 4) is 6.01 Å². The Hall–Kier alpha value is -4.10. The van der Waals surface area contributed by atoms with E-state index in [0.29, 0.717) is 22.6 Å². The number of amides is 1. The summed E-state index contributed by atoms with van der Waals surface area (Å²) in [4.78, 5) is 34.4. The summed E-state index contributed by atoms with van der Waals surface area (Å²) in [6.07, 6.45) is 3.33. The lowest BCUT2D eigenvalue weighted by Gasteiger charge is -2.12. The number of halogens is 1. The summed E-state index contributed by atoms with van der Waals surface area (Å²) >= 11 is 1.41. The van der Waals surface area contributed by atoms with Crippen LogP contribution >= 0.6 is 11.3 Å². The minimum Gasteiger partial charge on any atom is -0.364 e. The van der Waals surface area contributed by atoms with Crippen molar-refractivity contribution in [2.24, 2.45) is 0 Å². The minimum atomic E-state index is -0.424. The molecule has 0 unspecified atom stereocenters. The number of nitrogens with zero attached hydrogens (tertiary/aromatic N) is 4. The van der Waals surface area contributed by atoms with Gasteiger partial charge in [0.05, 0.1) is 34.8 Å². The molecule has 0 saturated heterocycles. The standard InChI is InChI=1S/C24H26FN9O2S/c1-14(35)34-36-24-32-22(28-13-18-15(25)5-4-10-27-18)21-23(33-24)37-20(31-21)9-12-26-11-8-19-29-16-6-2-3-7-17(16)30-19/h2-7,10,19,26,29-30H,8-9,11-13H2,1H3,(H,34,35)(H,28,32,33). The Morgan fingerprint density at radius 1 is 1.11 bits per heavy atom. The molecule has 0 bridgehead atoms. The zero-order chi connectivity index (χ0) is 25.6. The van der Waals surface area contributed by atoms with Gasteiger partial charge in [-0.05, 0) is 37.2 Å². The van der Waals surface area contributed by atoms with Crippen LogP contribution < -0.4 is 31.6 Å². The van der Waals surface area contributed by atoms with Gasteiger partial charge >= 0.3 is 6.01 Å². The Labute approximate surface area is 216 Å². The monoisotopic (exact) mass is 523 g/mol. The summed E-state index contributed by atoms with van der Waals surface area (Å²) in [5.74, 6) is -0.451. The molecule has 3 aromatic heterocycles. The SMILES string of the molecule is CC(=O)NOc1nc(NCc2ncccc2F)c2nc(CCNCCC3Nc4ccccc4N3)sc2n1. The zero-order valence-electron chi connectivity index (χ0n) is 20.0. The van der Waals surface area contributed by atoms with Crippen molar-refractivity contribution in [3.63, 3.8) is 0 Å². The summed E-state index contributed by atoms with van der Waals surface area (Å²) in [5.41, 5.74) is 5.26. The summed E-state index contributed by atoms with van der Waals surface area (Å²) in [5, 5.41) is 14.3. The third-order valence-corrected chi connectivity index (χ3v) is 6.55. The van der Waals surface area contributed by atoms with Gasteiger partial charge in [0.15, 0.2) is 10.6 Å². The van der Waals surface area contributed by atoms with Crippen molar-refractivity contribution >= 4 is 44.8 Å². The first kappa shape index (κ1) is 24.6. The van der Waals surface area contributed by atoms with Gasteiger partial charge in [0.25, 0.3) is 0 Å². The second-order valence-electron chi connectivity index (χ2n) is 8.34. The number of nitrogens with one attached hydrogen (secondary N) is 5. The van der Waals surface area contributed by atoms with Gasteiger partial charge in [-0.25, -0.2) is 9.37 Å². The molecule has 0 atom stereocenters. The molecule has 13 heteroatoms. The van der Waals surface area contributed by atoms with Gasteiger partial charge in [0.2, 0.25) is 5.91 Å². The van der Waals surface area contributed by atoms with E-state index in [4.69, 9.17) is 9.82 Å². The quantitative estimate of drug-likeness (QED) is 0.147. The maximum absolute atomic E-state index is 14.0. The van der Waals surface area contributed by atoms with E-state index in [-0.39, 0.29) is 24.4 Å². The summed E-state index contributed by atoms with van der Waals surface area (Å²) < 4.78 is 14.0. The van der Waals surface area contributed by atoms with E-state index >= 15 is 0 Å². The van der Waals surface area contributed by atoms with Crippen molar-refractivity contribution in [1.29, 1.82) is 0 Å². The lowest BCUT2D eigenvalue weighted by Crippen LogP contribution is -2.28. The van der Waals surface area contributed by atoms with Crippen molar-refractivity contribution < 1.29 is 14.0 Å². The average molecular weight is 524 g/mol. The van der Waals surface area contributed by atoms with Crippen molar-refractivity contribution in [1.82, 2.24) is 30.7 Å². The molecule has 1 aliphatic heterocycles. The molecule has 0 spiro atoms. The van der Waals surface area contributed by atoms with E-state index in [0.717, 1.165) is 35.9 Å².